The second kappa shape index (κ2) is 11.0. The van der Waals surface area contributed by atoms with Gasteiger partial charge in [0.15, 0.2) is 0 Å². The third kappa shape index (κ3) is 6.01. The van der Waals surface area contributed by atoms with Crippen molar-refractivity contribution in [3.05, 3.63) is 59.0 Å². The summed E-state index contributed by atoms with van der Waals surface area (Å²) in [7, 11) is 1.01. The van der Waals surface area contributed by atoms with Gasteiger partial charge >= 0.3 is 18.5 Å². The molecule has 1 aromatic carbocycles. The molecule has 0 amide bonds. The van der Waals surface area contributed by atoms with Crippen molar-refractivity contribution >= 4 is 11.8 Å². The lowest BCUT2D eigenvalue weighted by Crippen LogP contribution is -2.46. The Morgan fingerprint density at radius 2 is 1.74 bits per heavy atom. The van der Waals surface area contributed by atoms with Crippen LogP contribution in [-0.2, 0) is 22.3 Å². The first-order valence-electron chi connectivity index (χ1n) is 13.8. The molecule has 4 heterocycles. The molecule has 3 fully saturated rings. The highest BCUT2D eigenvalue weighted by molar-refractivity contribution is 5.91. The van der Waals surface area contributed by atoms with Crippen LogP contribution in [0.15, 0.2) is 41.1 Å². The molecular formula is C29H27F6N3O5. The molecule has 0 spiro atoms. The highest BCUT2D eigenvalue weighted by Gasteiger charge is 2.44. The number of alkyl halides is 6. The number of anilines is 1. The Morgan fingerprint density at radius 3 is 2.37 bits per heavy atom. The van der Waals surface area contributed by atoms with E-state index in [2.05, 4.69) is 19.6 Å². The second-order valence-electron chi connectivity index (χ2n) is 11.0. The number of piperidine rings is 1. The van der Waals surface area contributed by atoms with Crippen LogP contribution >= 0.6 is 0 Å². The first kappa shape index (κ1) is 29.3. The second-order valence-corrected chi connectivity index (χ2v) is 11.0. The minimum absolute atomic E-state index is 0.0411. The van der Waals surface area contributed by atoms with Gasteiger partial charge in [-0.25, -0.2) is 9.78 Å². The SMILES string of the molecule is COC(=O)c1cnc(N2[C@@H]3CC[C@H]2CC(OCc2c(-c4ccccc4OC(F)(F)F)noc2C2CC2)C3)cc1C(F)(F)F. The summed E-state index contributed by atoms with van der Waals surface area (Å²) in [5.41, 5.74) is -0.847. The van der Waals surface area contributed by atoms with Crippen molar-refractivity contribution in [3.63, 3.8) is 0 Å². The lowest BCUT2D eigenvalue weighted by Gasteiger charge is -2.40. The third-order valence-corrected chi connectivity index (χ3v) is 8.15. The van der Waals surface area contributed by atoms with E-state index in [0.717, 1.165) is 45.1 Å². The zero-order valence-electron chi connectivity index (χ0n) is 22.9. The van der Waals surface area contributed by atoms with Gasteiger partial charge in [-0.2, -0.15) is 13.2 Å². The van der Waals surface area contributed by atoms with Crippen LogP contribution < -0.4 is 9.64 Å². The quantitative estimate of drug-likeness (QED) is 0.198. The number of pyridine rings is 1. The summed E-state index contributed by atoms with van der Waals surface area (Å²) in [5, 5.41) is 4.11. The number of methoxy groups -OCH3 is 1. The molecule has 1 saturated carbocycles. The van der Waals surface area contributed by atoms with Crippen LogP contribution in [0.25, 0.3) is 11.3 Å². The fraction of sp³-hybridized carbons (Fsp3) is 0.483. The Kier molecular flexibility index (Phi) is 7.51. The predicted octanol–water partition coefficient (Wildman–Crippen LogP) is 7.03. The monoisotopic (exact) mass is 611 g/mol. The summed E-state index contributed by atoms with van der Waals surface area (Å²) < 4.78 is 101. The van der Waals surface area contributed by atoms with E-state index in [4.69, 9.17) is 9.26 Å². The van der Waals surface area contributed by atoms with E-state index in [-0.39, 0.29) is 47.8 Å². The van der Waals surface area contributed by atoms with Gasteiger partial charge in [0.05, 0.1) is 30.9 Å². The van der Waals surface area contributed by atoms with E-state index in [0.29, 0.717) is 24.2 Å². The van der Waals surface area contributed by atoms with Gasteiger partial charge in [0.1, 0.15) is 23.0 Å². The number of ether oxygens (including phenoxy) is 3. The van der Waals surface area contributed by atoms with Crippen molar-refractivity contribution in [2.45, 2.75) is 81.8 Å². The maximum atomic E-state index is 13.8. The van der Waals surface area contributed by atoms with Crippen molar-refractivity contribution in [2.24, 2.45) is 0 Å². The van der Waals surface area contributed by atoms with Crippen LogP contribution in [0.5, 0.6) is 5.75 Å². The van der Waals surface area contributed by atoms with E-state index < -0.39 is 35.4 Å². The van der Waals surface area contributed by atoms with Gasteiger partial charge in [-0.05, 0) is 56.7 Å². The molecule has 1 aliphatic carbocycles. The molecule has 2 bridgehead atoms. The van der Waals surface area contributed by atoms with Crippen molar-refractivity contribution in [1.82, 2.24) is 10.1 Å². The molecule has 2 saturated heterocycles. The fourth-order valence-electron chi connectivity index (χ4n) is 6.15. The zero-order chi connectivity index (χ0) is 30.5. The smallest absolute Gasteiger partial charge is 0.465 e. The van der Waals surface area contributed by atoms with Crippen LogP contribution in [0.3, 0.4) is 0 Å². The number of rotatable bonds is 8. The average Bonchev–Trinajstić information content (AvgIpc) is 3.66. The number of para-hydroxylation sites is 1. The zero-order valence-corrected chi connectivity index (χ0v) is 22.9. The standard InChI is InChI=1S/C29H27F6N3O5/c1-40-27(39)20-13-36-24(12-22(20)28(30,31)32)38-16-8-9-17(38)11-18(10-16)41-14-21-25(37-43-26(21)15-6-7-15)19-4-2-3-5-23(19)42-29(33,34)35/h2-5,12-13,15-18H,6-11,14H2,1H3/t16-,17+,18?. The van der Waals surface area contributed by atoms with Crippen LogP contribution in [-0.4, -0.2) is 47.8 Å². The summed E-state index contributed by atoms with van der Waals surface area (Å²) in [4.78, 5) is 18.0. The number of halogens is 6. The van der Waals surface area contributed by atoms with Crippen LogP contribution in [0.1, 0.15) is 71.7 Å². The van der Waals surface area contributed by atoms with Gasteiger partial charge in [0.2, 0.25) is 0 Å². The largest absolute Gasteiger partial charge is 0.573 e. The van der Waals surface area contributed by atoms with E-state index in [1.54, 1.807) is 6.07 Å². The molecule has 2 aliphatic heterocycles. The van der Waals surface area contributed by atoms with Crippen molar-refractivity contribution < 1.29 is 49.9 Å². The first-order chi connectivity index (χ1) is 20.4. The van der Waals surface area contributed by atoms with E-state index in [1.807, 2.05) is 4.90 Å². The molecule has 3 aromatic rings. The van der Waals surface area contributed by atoms with Crippen molar-refractivity contribution in [1.29, 1.82) is 0 Å². The number of carbonyl (C=O) groups is 1. The normalized spacial score (nSPS) is 22.1. The Labute approximate surface area is 241 Å². The molecule has 6 rings (SSSR count). The topological polar surface area (TPSA) is 86.9 Å². The molecule has 1 unspecified atom stereocenters. The summed E-state index contributed by atoms with van der Waals surface area (Å²) >= 11 is 0. The lowest BCUT2D eigenvalue weighted by atomic mass is 9.98. The maximum absolute atomic E-state index is 13.8. The van der Waals surface area contributed by atoms with Gasteiger partial charge < -0.3 is 23.6 Å². The summed E-state index contributed by atoms with van der Waals surface area (Å²) in [6.45, 7) is 0.0411. The number of benzene rings is 1. The minimum atomic E-state index is -4.89. The molecule has 14 heteroatoms. The van der Waals surface area contributed by atoms with Crippen molar-refractivity contribution in [3.8, 4) is 17.0 Å². The lowest BCUT2D eigenvalue weighted by molar-refractivity contribution is -0.274. The molecule has 0 radical (unpaired) electrons. The average molecular weight is 612 g/mol. The molecule has 2 aromatic heterocycles. The summed E-state index contributed by atoms with van der Waals surface area (Å²) in [6, 6.07) is 6.30. The maximum Gasteiger partial charge on any atom is 0.573 e. The number of aromatic nitrogens is 2. The Bertz CT molecular complexity index is 1490. The number of hydrogen-bond donors (Lipinski definition) is 0. The summed E-state index contributed by atoms with van der Waals surface area (Å²) in [5.74, 6) is -0.707. The van der Waals surface area contributed by atoms with Gasteiger partial charge in [-0.3, -0.25) is 0 Å². The Balaban J connectivity index is 1.21. The highest BCUT2D eigenvalue weighted by Crippen LogP contribution is 2.47. The van der Waals surface area contributed by atoms with Crippen molar-refractivity contribution in [2.75, 3.05) is 12.0 Å². The van der Waals surface area contributed by atoms with Gasteiger partial charge in [-0.1, -0.05) is 17.3 Å². The molecule has 8 nitrogen and oxygen atoms in total. The van der Waals surface area contributed by atoms with E-state index in [1.165, 1.54) is 18.2 Å². The molecule has 230 valence electrons. The van der Waals surface area contributed by atoms with Gasteiger partial charge in [-0.15, -0.1) is 13.2 Å². The van der Waals surface area contributed by atoms with E-state index in [9.17, 15) is 31.1 Å². The number of esters is 1. The fourth-order valence-corrected chi connectivity index (χ4v) is 6.15. The number of carbonyl (C=O) groups excluding carboxylic acids is 1. The highest BCUT2D eigenvalue weighted by atomic mass is 19.4. The minimum Gasteiger partial charge on any atom is -0.465 e. The molecule has 43 heavy (non-hydrogen) atoms. The molecule has 0 N–H and O–H groups in total. The summed E-state index contributed by atoms with van der Waals surface area (Å²) in [6.07, 6.45) is -4.84. The third-order valence-electron chi connectivity index (χ3n) is 8.15. The van der Waals surface area contributed by atoms with Gasteiger partial charge in [0, 0.05) is 35.3 Å². The van der Waals surface area contributed by atoms with Gasteiger partial charge in [0.25, 0.3) is 0 Å². The van der Waals surface area contributed by atoms with Crippen LogP contribution in [0.4, 0.5) is 32.2 Å². The van der Waals surface area contributed by atoms with E-state index >= 15 is 0 Å². The Morgan fingerprint density at radius 1 is 1.05 bits per heavy atom. The predicted molar refractivity (Wildman–Crippen MR) is 138 cm³/mol. The van der Waals surface area contributed by atoms with Crippen LogP contribution in [0.2, 0.25) is 0 Å². The first-order valence-corrected chi connectivity index (χ1v) is 13.8. The number of hydrogen-bond acceptors (Lipinski definition) is 8. The molecular weight excluding hydrogens is 584 g/mol. The molecule has 3 atom stereocenters. The number of nitrogens with zero attached hydrogens (tertiary/aromatic N) is 3. The Hall–Kier alpha value is -3.81. The number of fused-ring (bicyclic) bond motifs is 2. The molecule has 3 aliphatic rings. The van der Waals surface area contributed by atoms with Crippen LogP contribution in [0, 0.1) is 0 Å².